The summed E-state index contributed by atoms with van der Waals surface area (Å²) in [7, 11) is -2.46. The molecule has 0 saturated carbocycles. The topological polar surface area (TPSA) is 109 Å². The standard InChI is InChI=1S/C10H16N2O5S/c1-10(2,6-13)12-9(14)7-4-5-8(17-7)18(15,16)11-3/h4-5,11,13H,6H2,1-3H3,(H,12,14). The summed E-state index contributed by atoms with van der Waals surface area (Å²) >= 11 is 0. The van der Waals surface area contributed by atoms with Crippen LogP contribution < -0.4 is 10.0 Å². The second-order valence-electron chi connectivity index (χ2n) is 4.32. The van der Waals surface area contributed by atoms with Gasteiger partial charge in [-0.25, -0.2) is 13.1 Å². The average Bonchev–Trinajstić information content (AvgIpc) is 2.78. The number of carbonyl (C=O) groups excluding carboxylic acids is 1. The molecule has 1 heterocycles. The highest BCUT2D eigenvalue weighted by molar-refractivity contribution is 7.89. The molecule has 3 N–H and O–H groups in total. The minimum atomic E-state index is -3.71. The summed E-state index contributed by atoms with van der Waals surface area (Å²) in [6, 6.07) is 2.44. The molecule has 0 aliphatic rings. The SMILES string of the molecule is CNS(=O)(=O)c1ccc(C(=O)NC(C)(C)CO)o1. The van der Waals surface area contributed by atoms with Gasteiger partial charge in [0.2, 0.25) is 5.09 Å². The number of sulfonamides is 1. The van der Waals surface area contributed by atoms with Gasteiger partial charge in [-0.3, -0.25) is 4.79 Å². The third kappa shape index (κ3) is 3.31. The maximum Gasteiger partial charge on any atom is 0.287 e. The van der Waals surface area contributed by atoms with E-state index in [1.54, 1.807) is 13.8 Å². The van der Waals surface area contributed by atoms with E-state index in [9.17, 15) is 13.2 Å². The highest BCUT2D eigenvalue weighted by atomic mass is 32.2. The largest absolute Gasteiger partial charge is 0.438 e. The monoisotopic (exact) mass is 276 g/mol. The van der Waals surface area contributed by atoms with Crippen molar-refractivity contribution in [3.8, 4) is 0 Å². The van der Waals surface area contributed by atoms with Crippen molar-refractivity contribution in [2.45, 2.75) is 24.5 Å². The third-order valence-electron chi connectivity index (χ3n) is 2.19. The van der Waals surface area contributed by atoms with Crippen molar-refractivity contribution in [3.05, 3.63) is 17.9 Å². The average molecular weight is 276 g/mol. The van der Waals surface area contributed by atoms with Crippen molar-refractivity contribution >= 4 is 15.9 Å². The highest BCUT2D eigenvalue weighted by Crippen LogP contribution is 2.14. The van der Waals surface area contributed by atoms with Crippen LogP contribution in [0.4, 0.5) is 0 Å². The van der Waals surface area contributed by atoms with Crippen LogP contribution in [0.15, 0.2) is 21.6 Å². The van der Waals surface area contributed by atoms with Crippen LogP contribution in [0.1, 0.15) is 24.4 Å². The van der Waals surface area contributed by atoms with Gasteiger partial charge >= 0.3 is 0 Å². The molecule has 0 radical (unpaired) electrons. The quantitative estimate of drug-likeness (QED) is 0.683. The Hall–Kier alpha value is -1.38. The van der Waals surface area contributed by atoms with Gasteiger partial charge in [-0.1, -0.05) is 0 Å². The molecule has 0 unspecified atom stereocenters. The summed E-state index contributed by atoms with van der Waals surface area (Å²) in [6.45, 7) is 3.00. The van der Waals surface area contributed by atoms with Gasteiger partial charge in [0.05, 0.1) is 12.1 Å². The number of nitrogens with one attached hydrogen (secondary N) is 2. The maximum absolute atomic E-state index is 11.7. The van der Waals surface area contributed by atoms with Crippen LogP contribution in [-0.2, 0) is 10.0 Å². The molecular weight excluding hydrogens is 260 g/mol. The summed E-state index contributed by atoms with van der Waals surface area (Å²) in [6.07, 6.45) is 0. The maximum atomic E-state index is 11.7. The number of aliphatic hydroxyl groups excluding tert-OH is 1. The minimum absolute atomic E-state index is 0.134. The van der Waals surface area contributed by atoms with Crippen LogP contribution >= 0.6 is 0 Å². The molecule has 0 fully saturated rings. The molecule has 1 rings (SSSR count). The summed E-state index contributed by atoms with van der Waals surface area (Å²) in [5, 5.41) is 11.2. The smallest absolute Gasteiger partial charge is 0.287 e. The van der Waals surface area contributed by atoms with E-state index in [4.69, 9.17) is 9.52 Å². The number of amides is 1. The van der Waals surface area contributed by atoms with Crippen molar-refractivity contribution < 1.29 is 22.7 Å². The van der Waals surface area contributed by atoms with E-state index in [1.807, 2.05) is 0 Å². The highest BCUT2D eigenvalue weighted by Gasteiger charge is 2.24. The second-order valence-corrected chi connectivity index (χ2v) is 6.14. The lowest BCUT2D eigenvalue weighted by atomic mass is 10.1. The summed E-state index contributed by atoms with van der Waals surface area (Å²) in [5.74, 6) is -0.725. The summed E-state index contributed by atoms with van der Waals surface area (Å²) in [5.41, 5.74) is -0.814. The van der Waals surface area contributed by atoms with E-state index in [0.717, 1.165) is 0 Å². The van der Waals surface area contributed by atoms with Gasteiger partial charge in [-0.05, 0) is 33.0 Å². The van der Waals surface area contributed by atoms with Crippen LogP contribution in [0.2, 0.25) is 0 Å². The number of hydrogen-bond donors (Lipinski definition) is 3. The molecule has 18 heavy (non-hydrogen) atoms. The van der Waals surface area contributed by atoms with Crippen LogP contribution in [0.25, 0.3) is 0 Å². The molecule has 0 bridgehead atoms. The van der Waals surface area contributed by atoms with Crippen LogP contribution in [0, 0.1) is 0 Å². The fourth-order valence-corrected chi connectivity index (χ4v) is 1.74. The zero-order chi connectivity index (χ0) is 14.0. The van der Waals surface area contributed by atoms with E-state index in [-0.39, 0.29) is 17.5 Å². The molecule has 0 aliphatic heterocycles. The first-order valence-electron chi connectivity index (χ1n) is 5.18. The molecular formula is C10H16N2O5S. The zero-order valence-corrected chi connectivity index (χ0v) is 11.2. The van der Waals surface area contributed by atoms with E-state index in [2.05, 4.69) is 10.0 Å². The van der Waals surface area contributed by atoms with Crippen molar-refractivity contribution in [2.24, 2.45) is 0 Å². The molecule has 0 saturated heterocycles. The van der Waals surface area contributed by atoms with E-state index < -0.39 is 21.5 Å². The van der Waals surface area contributed by atoms with Crippen molar-refractivity contribution in [1.29, 1.82) is 0 Å². The Morgan fingerprint density at radius 2 is 2.06 bits per heavy atom. The van der Waals surface area contributed by atoms with Crippen LogP contribution in [-0.4, -0.2) is 38.6 Å². The third-order valence-corrected chi connectivity index (χ3v) is 3.47. The molecule has 0 atom stereocenters. The van der Waals surface area contributed by atoms with Gasteiger partial charge in [-0.15, -0.1) is 0 Å². The number of hydrogen-bond acceptors (Lipinski definition) is 5. The van der Waals surface area contributed by atoms with Gasteiger partial charge in [0.25, 0.3) is 15.9 Å². The summed E-state index contributed by atoms with van der Waals surface area (Å²) < 4.78 is 29.8. The number of aliphatic hydroxyl groups is 1. The molecule has 7 nitrogen and oxygen atoms in total. The molecule has 8 heteroatoms. The summed E-state index contributed by atoms with van der Waals surface area (Å²) in [4.78, 5) is 11.7. The molecule has 0 aliphatic carbocycles. The molecule has 102 valence electrons. The Bertz CT molecular complexity index is 532. The molecule has 0 spiro atoms. The fraction of sp³-hybridized carbons (Fsp3) is 0.500. The van der Waals surface area contributed by atoms with Crippen molar-refractivity contribution in [1.82, 2.24) is 10.0 Å². The van der Waals surface area contributed by atoms with Crippen LogP contribution in [0.5, 0.6) is 0 Å². The molecule has 1 aromatic heterocycles. The predicted octanol–water partition coefficient (Wildman–Crippen LogP) is -0.312. The lowest BCUT2D eigenvalue weighted by Crippen LogP contribution is -2.46. The Morgan fingerprint density at radius 1 is 1.44 bits per heavy atom. The number of rotatable bonds is 5. The van der Waals surface area contributed by atoms with Gasteiger partial charge in [0.15, 0.2) is 5.76 Å². The first kappa shape index (κ1) is 14.7. The minimum Gasteiger partial charge on any atom is -0.438 e. The number of furan rings is 1. The van der Waals surface area contributed by atoms with Crippen LogP contribution in [0.3, 0.4) is 0 Å². The van der Waals surface area contributed by atoms with E-state index in [1.165, 1.54) is 19.2 Å². The predicted molar refractivity (Wildman–Crippen MR) is 63.6 cm³/mol. The van der Waals surface area contributed by atoms with Gasteiger partial charge in [-0.2, -0.15) is 0 Å². The first-order valence-corrected chi connectivity index (χ1v) is 6.67. The molecule has 1 amide bonds. The van der Waals surface area contributed by atoms with Crippen molar-refractivity contribution in [3.63, 3.8) is 0 Å². The van der Waals surface area contributed by atoms with E-state index >= 15 is 0 Å². The van der Waals surface area contributed by atoms with E-state index in [0.29, 0.717) is 0 Å². The Kier molecular flexibility index (Phi) is 4.15. The zero-order valence-electron chi connectivity index (χ0n) is 10.4. The van der Waals surface area contributed by atoms with Gasteiger partial charge in [0.1, 0.15) is 0 Å². The number of carbonyl (C=O) groups is 1. The second kappa shape index (κ2) is 5.09. The van der Waals surface area contributed by atoms with Gasteiger partial charge in [0, 0.05) is 0 Å². The Balaban J connectivity index is 2.91. The van der Waals surface area contributed by atoms with Gasteiger partial charge < -0.3 is 14.8 Å². The molecule has 1 aromatic rings. The molecule has 0 aromatic carbocycles. The Labute approximate surface area is 105 Å². The van der Waals surface area contributed by atoms with Crippen molar-refractivity contribution in [2.75, 3.05) is 13.7 Å². The lowest BCUT2D eigenvalue weighted by molar-refractivity contribution is 0.0836. The fourth-order valence-electron chi connectivity index (χ4n) is 1.10. The lowest BCUT2D eigenvalue weighted by Gasteiger charge is -2.22. The normalized spacial score (nSPS) is 12.4. The first-order chi connectivity index (χ1) is 8.22. The Morgan fingerprint density at radius 3 is 2.56 bits per heavy atom.